The van der Waals surface area contributed by atoms with Gasteiger partial charge in [-0.3, -0.25) is 0 Å². The number of thiazole rings is 1. The summed E-state index contributed by atoms with van der Waals surface area (Å²) >= 11 is 1.68. The zero-order chi connectivity index (χ0) is 13.8. The Labute approximate surface area is 124 Å². The molecule has 106 valence electrons. The first kappa shape index (κ1) is 13.6. The Hall–Kier alpha value is -1.39. The zero-order valence-electron chi connectivity index (χ0n) is 11.8. The first-order valence-electron chi connectivity index (χ1n) is 7.17. The van der Waals surface area contributed by atoms with Crippen LogP contribution in [0.5, 0.6) is 5.75 Å². The first-order chi connectivity index (χ1) is 9.85. The SMILES string of the molecule is CNCc1nc(COc2ccc3c(c2)CCCC3)cs1. The Morgan fingerprint density at radius 3 is 2.95 bits per heavy atom. The molecule has 0 aliphatic heterocycles. The van der Waals surface area contributed by atoms with Crippen LogP contribution in [0.15, 0.2) is 23.6 Å². The molecule has 3 rings (SSSR count). The summed E-state index contributed by atoms with van der Waals surface area (Å²) in [5.74, 6) is 0.966. The summed E-state index contributed by atoms with van der Waals surface area (Å²) in [7, 11) is 1.94. The summed E-state index contributed by atoms with van der Waals surface area (Å²) in [6.07, 6.45) is 5.03. The van der Waals surface area contributed by atoms with Crippen molar-refractivity contribution in [1.82, 2.24) is 10.3 Å². The smallest absolute Gasteiger partial charge is 0.131 e. The van der Waals surface area contributed by atoms with E-state index in [1.165, 1.54) is 36.8 Å². The van der Waals surface area contributed by atoms with E-state index in [9.17, 15) is 0 Å². The van der Waals surface area contributed by atoms with E-state index >= 15 is 0 Å². The third-order valence-corrected chi connectivity index (χ3v) is 4.53. The number of ether oxygens (including phenoxy) is 1. The number of aryl methyl sites for hydroxylation is 2. The normalized spacial score (nSPS) is 14.1. The number of benzene rings is 1. The number of aromatic nitrogens is 1. The molecule has 0 saturated carbocycles. The molecular weight excluding hydrogens is 268 g/mol. The van der Waals surface area contributed by atoms with E-state index < -0.39 is 0 Å². The summed E-state index contributed by atoms with van der Waals surface area (Å²) in [5, 5.41) is 6.29. The molecular formula is C16H20N2OS. The molecule has 4 heteroatoms. The van der Waals surface area contributed by atoms with Crippen LogP contribution in [0.1, 0.15) is 34.7 Å². The van der Waals surface area contributed by atoms with Gasteiger partial charge in [-0.25, -0.2) is 4.98 Å². The van der Waals surface area contributed by atoms with Crippen LogP contribution in [0.25, 0.3) is 0 Å². The maximum atomic E-state index is 5.87. The van der Waals surface area contributed by atoms with Gasteiger partial charge in [0.2, 0.25) is 0 Å². The van der Waals surface area contributed by atoms with Gasteiger partial charge in [0.1, 0.15) is 17.4 Å². The first-order valence-corrected chi connectivity index (χ1v) is 8.05. The topological polar surface area (TPSA) is 34.2 Å². The average molecular weight is 288 g/mol. The maximum Gasteiger partial charge on any atom is 0.131 e. The fraction of sp³-hybridized carbons (Fsp3) is 0.438. The number of nitrogens with zero attached hydrogens (tertiary/aromatic N) is 1. The van der Waals surface area contributed by atoms with Crippen LogP contribution in [-0.4, -0.2) is 12.0 Å². The average Bonchev–Trinajstić information content (AvgIpc) is 2.93. The number of hydrogen-bond acceptors (Lipinski definition) is 4. The second-order valence-electron chi connectivity index (χ2n) is 5.19. The number of fused-ring (bicyclic) bond motifs is 1. The largest absolute Gasteiger partial charge is 0.487 e. The summed E-state index contributed by atoms with van der Waals surface area (Å²) in [6, 6.07) is 6.51. The standard InChI is InChI=1S/C16H20N2OS/c1-17-9-16-18-14(11-20-16)10-19-15-7-6-12-4-2-3-5-13(12)8-15/h6-8,11,17H,2-5,9-10H2,1H3. The lowest BCUT2D eigenvalue weighted by Gasteiger charge is -2.16. The van der Waals surface area contributed by atoms with Crippen LogP contribution in [0.3, 0.4) is 0 Å². The Balaban J connectivity index is 1.62. The molecule has 3 nitrogen and oxygen atoms in total. The highest BCUT2D eigenvalue weighted by Gasteiger charge is 2.10. The molecule has 0 atom stereocenters. The Morgan fingerprint density at radius 2 is 2.10 bits per heavy atom. The molecule has 0 unspecified atom stereocenters. The van der Waals surface area contributed by atoms with Crippen molar-refractivity contribution in [2.75, 3.05) is 7.05 Å². The van der Waals surface area contributed by atoms with Gasteiger partial charge in [0, 0.05) is 11.9 Å². The molecule has 2 aromatic rings. The zero-order valence-corrected chi connectivity index (χ0v) is 12.6. The maximum absolute atomic E-state index is 5.87. The molecule has 0 fully saturated rings. The number of hydrogen-bond donors (Lipinski definition) is 1. The molecule has 1 aromatic heterocycles. The molecule has 0 bridgehead atoms. The molecule has 0 saturated heterocycles. The van der Waals surface area contributed by atoms with Gasteiger partial charge in [-0.15, -0.1) is 11.3 Å². The van der Waals surface area contributed by atoms with Gasteiger partial charge < -0.3 is 10.1 Å². The van der Waals surface area contributed by atoms with Crippen molar-refractivity contribution in [2.45, 2.75) is 38.8 Å². The minimum Gasteiger partial charge on any atom is -0.487 e. The highest BCUT2D eigenvalue weighted by molar-refractivity contribution is 7.09. The van der Waals surface area contributed by atoms with Crippen LogP contribution in [-0.2, 0) is 26.0 Å². The quantitative estimate of drug-likeness (QED) is 0.916. The fourth-order valence-electron chi connectivity index (χ4n) is 2.60. The molecule has 20 heavy (non-hydrogen) atoms. The lowest BCUT2D eigenvalue weighted by atomic mass is 9.92. The van der Waals surface area contributed by atoms with E-state index in [0.717, 1.165) is 23.0 Å². The van der Waals surface area contributed by atoms with Crippen LogP contribution in [0.2, 0.25) is 0 Å². The van der Waals surface area contributed by atoms with Gasteiger partial charge in [-0.05, 0) is 56.0 Å². The van der Waals surface area contributed by atoms with Crippen LogP contribution < -0.4 is 10.1 Å². The van der Waals surface area contributed by atoms with Crippen molar-refractivity contribution in [1.29, 1.82) is 0 Å². The molecule has 1 aliphatic carbocycles. The van der Waals surface area contributed by atoms with E-state index in [1.807, 2.05) is 7.05 Å². The molecule has 0 spiro atoms. The van der Waals surface area contributed by atoms with Gasteiger partial charge in [-0.2, -0.15) is 0 Å². The van der Waals surface area contributed by atoms with Crippen LogP contribution in [0.4, 0.5) is 0 Å². The molecule has 0 radical (unpaired) electrons. The Morgan fingerprint density at radius 1 is 1.25 bits per heavy atom. The molecule has 0 amide bonds. The summed E-state index contributed by atoms with van der Waals surface area (Å²) < 4.78 is 5.87. The molecule has 1 aromatic carbocycles. The minimum absolute atomic E-state index is 0.555. The third kappa shape index (κ3) is 3.19. The van der Waals surface area contributed by atoms with E-state index in [2.05, 4.69) is 33.9 Å². The van der Waals surface area contributed by atoms with E-state index in [1.54, 1.807) is 11.3 Å². The van der Waals surface area contributed by atoms with Gasteiger partial charge in [0.15, 0.2) is 0 Å². The summed E-state index contributed by atoms with van der Waals surface area (Å²) in [6.45, 7) is 1.38. The Kier molecular flexibility index (Phi) is 4.33. The van der Waals surface area contributed by atoms with Crippen molar-refractivity contribution in [3.8, 4) is 5.75 Å². The van der Waals surface area contributed by atoms with Crippen LogP contribution >= 0.6 is 11.3 Å². The third-order valence-electron chi connectivity index (χ3n) is 3.63. The minimum atomic E-state index is 0.555. The van der Waals surface area contributed by atoms with Gasteiger partial charge in [0.05, 0.1) is 5.69 Å². The van der Waals surface area contributed by atoms with E-state index in [4.69, 9.17) is 4.74 Å². The van der Waals surface area contributed by atoms with Gasteiger partial charge in [-0.1, -0.05) is 6.07 Å². The van der Waals surface area contributed by atoms with Crippen molar-refractivity contribution in [3.63, 3.8) is 0 Å². The molecule has 1 aliphatic rings. The Bertz CT molecular complexity index is 580. The van der Waals surface area contributed by atoms with Crippen molar-refractivity contribution < 1.29 is 4.74 Å². The summed E-state index contributed by atoms with van der Waals surface area (Å²) in [4.78, 5) is 4.53. The van der Waals surface area contributed by atoms with E-state index in [0.29, 0.717) is 6.61 Å². The van der Waals surface area contributed by atoms with Gasteiger partial charge >= 0.3 is 0 Å². The fourth-order valence-corrected chi connectivity index (χ4v) is 3.39. The second-order valence-corrected chi connectivity index (χ2v) is 6.13. The van der Waals surface area contributed by atoms with E-state index in [-0.39, 0.29) is 0 Å². The predicted octanol–water partition coefficient (Wildman–Crippen LogP) is 3.32. The monoisotopic (exact) mass is 288 g/mol. The highest BCUT2D eigenvalue weighted by atomic mass is 32.1. The van der Waals surface area contributed by atoms with Crippen molar-refractivity contribution >= 4 is 11.3 Å². The lowest BCUT2D eigenvalue weighted by Crippen LogP contribution is -2.05. The highest BCUT2D eigenvalue weighted by Crippen LogP contribution is 2.25. The lowest BCUT2D eigenvalue weighted by molar-refractivity contribution is 0.301. The molecule has 1 N–H and O–H groups in total. The van der Waals surface area contributed by atoms with Crippen LogP contribution in [0, 0.1) is 0 Å². The van der Waals surface area contributed by atoms with Crippen molar-refractivity contribution in [2.24, 2.45) is 0 Å². The summed E-state index contributed by atoms with van der Waals surface area (Å²) in [5.41, 5.74) is 3.97. The molecule has 1 heterocycles. The number of rotatable bonds is 5. The number of nitrogens with one attached hydrogen (secondary N) is 1. The van der Waals surface area contributed by atoms with Crippen molar-refractivity contribution in [3.05, 3.63) is 45.4 Å². The van der Waals surface area contributed by atoms with Gasteiger partial charge in [0.25, 0.3) is 0 Å². The predicted molar refractivity (Wildman–Crippen MR) is 82.3 cm³/mol. The second kappa shape index (κ2) is 6.37.